The maximum atomic E-state index is 12.0. The molecule has 13 heavy (non-hydrogen) atoms. The van der Waals surface area contributed by atoms with E-state index in [1.807, 2.05) is 0 Å². The second-order valence-electron chi connectivity index (χ2n) is 4.05. The average molecular weight is 192 g/mol. The lowest BCUT2D eigenvalue weighted by atomic mass is 10.1. The first-order valence-electron chi connectivity index (χ1n) is 4.80. The highest BCUT2D eigenvalue weighted by molar-refractivity contribution is 4.79. The van der Waals surface area contributed by atoms with E-state index < -0.39 is 6.43 Å². The fraction of sp³-hybridized carbons (Fsp3) is 1.00. The van der Waals surface area contributed by atoms with Gasteiger partial charge in [-0.15, -0.1) is 0 Å². The topological polar surface area (TPSA) is 29.3 Å². The second kappa shape index (κ2) is 4.86. The van der Waals surface area contributed by atoms with Gasteiger partial charge in [0.25, 0.3) is 6.43 Å². The van der Waals surface area contributed by atoms with Gasteiger partial charge in [-0.25, -0.2) is 8.78 Å². The van der Waals surface area contributed by atoms with Crippen LogP contribution in [0.15, 0.2) is 0 Å². The van der Waals surface area contributed by atoms with Crippen molar-refractivity contribution in [3.63, 3.8) is 0 Å². The maximum Gasteiger partial charge on any atom is 0.251 e. The molecule has 0 aliphatic heterocycles. The van der Waals surface area contributed by atoms with Crippen molar-refractivity contribution in [2.75, 3.05) is 20.1 Å². The zero-order valence-electron chi connectivity index (χ0n) is 8.05. The standard InChI is InChI=1S/C9H18F2N2/c1-13(6-9(10)11)5-7-2-3-8(12)4-7/h7-9H,2-6,12H2,1H3. The lowest BCUT2D eigenvalue weighted by Gasteiger charge is -2.20. The molecule has 2 N–H and O–H groups in total. The van der Waals surface area contributed by atoms with Gasteiger partial charge in [-0.1, -0.05) is 0 Å². The van der Waals surface area contributed by atoms with Gasteiger partial charge in [0.1, 0.15) is 0 Å². The molecule has 1 aliphatic carbocycles. The highest BCUT2D eigenvalue weighted by atomic mass is 19.3. The number of nitrogens with two attached hydrogens (primary N) is 1. The maximum absolute atomic E-state index is 12.0. The Labute approximate surface area is 78.1 Å². The molecule has 0 amide bonds. The summed E-state index contributed by atoms with van der Waals surface area (Å²) < 4.78 is 23.9. The Bertz CT molecular complexity index is 153. The van der Waals surface area contributed by atoms with Crippen molar-refractivity contribution >= 4 is 0 Å². The zero-order valence-corrected chi connectivity index (χ0v) is 8.05. The molecule has 0 spiro atoms. The molecule has 78 valence electrons. The molecule has 2 nitrogen and oxygen atoms in total. The number of hydrogen-bond donors (Lipinski definition) is 1. The van der Waals surface area contributed by atoms with Gasteiger partial charge in [-0.3, -0.25) is 0 Å². The minimum Gasteiger partial charge on any atom is -0.328 e. The number of alkyl halides is 2. The van der Waals surface area contributed by atoms with Gasteiger partial charge in [-0.05, 0) is 32.2 Å². The fourth-order valence-corrected chi connectivity index (χ4v) is 2.03. The first-order valence-corrected chi connectivity index (χ1v) is 4.80. The molecular formula is C9H18F2N2. The molecule has 0 bridgehead atoms. The van der Waals surface area contributed by atoms with Crippen molar-refractivity contribution in [1.82, 2.24) is 4.90 Å². The minimum atomic E-state index is -2.22. The zero-order chi connectivity index (χ0) is 9.84. The molecule has 0 heterocycles. The summed E-state index contributed by atoms with van der Waals surface area (Å²) in [6.45, 7) is 0.643. The van der Waals surface area contributed by atoms with Gasteiger partial charge in [0.2, 0.25) is 0 Å². The Hall–Kier alpha value is -0.220. The fourth-order valence-electron chi connectivity index (χ4n) is 2.03. The molecule has 0 radical (unpaired) electrons. The summed E-state index contributed by atoms with van der Waals surface area (Å²) in [5, 5.41) is 0. The second-order valence-corrected chi connectivity index (χ2v) is 4.05. The number of halogens is 2. The predicted molar refractivity (Wildman–Crippen MR) is 48.8 cm³/mol. The van der Waals surface area contributed by atoms with E-state index in [0.717, 1.165) is 25.8 Å². The van der Waals surface area contributed by atoms with E-state index in [1.54, 1.807) is 11.9 Å². The van der Waals surface area contributed by atoms with Crippen LogP contribution in [0.5, 0.6) is 0 Å². The summed E-state index contributed by atoms with van der Waals surface area (Å²) in [6, 6.07) is 0.296. The average Bonchev–Trinajstić information content (AvgIpc) is 2.33. The third-order valence-electron chi connectivity index (χ3n) is 2.60. The highest BCUT2D eigenvalue weighted by Crippen LogP contribution is 2.24. The molecule has 2 unspecified atom stereocenters. The number of rotatable bonds is 4. The quantitative estimate of drug-likeness (QED) is 0.727. The van der Waals surface area contributed by atoms with Crippen LogP contribution >= 0.6 is 0 Å². The van der Waals surface area contributed by atoms with E-state index in [0.29, 0.717) is 12.0 Å². The van der Waals surface area contributed by atoms with Crippen LogP contribution in [0.2, 0.25) is 0 Å². The largest absolute Gasteiger partial charge is 0.328 e. The predicted octanol–water partition coefficient (Wildman–Crippen LogP) is 1.31. The summed E-state index contributed by atoms with van der Waals surface area (Å²) >= 11 is 0. The molecule has 1 fully saturated rings. The normalized spacial score (nSPS) is 29.1. The van der Waals surface area contributed by atoms with Crippen molar-refractivity contribution in [2.45, 2.75) is 31.7 Å². The highest BCUT2D eigenvalue weighted by Gasteiger charge is 2.23. The van der Waals surface area contributed by atoms with E-state index in [9.17, 15) is 8.78 Å². The van der Waals surface area contributed by atoms with Crippen LogP contribution in [0.25, 0.3) is 0 Å². The molecule has 0 aromatic carbocycles. The SMILES string of the molecule is CN(CC(F)F)CC1CCC(N)C1. The van der Waals surface area contributed by atoms with Crippen molar-refractivity contribution < 1.29 is 8.78 Å². The lowest BCUT2D eigenvalue weighted by molar-refractivity contribution is 0.0935. The van der Waals surface area contributed by atoms with E-state index in [-0.39, 0.29) is 6.54 Å². The van der Waals surface area contributed by atoms with Gasteiger partial charge >= 0.3 is 0 Å². The lowest BCUT2D eigenvalue weighted by Crippen LogP contribution is -2.29. The van der Waals surface area contributed by atoms with Crippen molar-refractivity contribution in [3.05, 3.63) is 0 Å². The van der Waals surface area contributed by atoms with Crippen LogP contribution in [-0.2, 0) is 0 Å². The van der Waals surface area contributed by atoms with E-state index in [1.165, 1.54) is 0 Å². The van der Waals surface area contributed by atoms with Crippen molar-refractivity contribution in [2.24, 2.45) is 11.7 Å². The minimum absolute atomic E-state index is 0.119. The summed E-state index contributed by atoms with van der Waals surface area (Å²) in [4.78, 5) is 1.70. The Kier molecular flexibility index (Phi) is 4.06. The van der Waals surface area contributed by atoms with E-state index >= 15 is 0 Å². The summed E-state index contributed by atoms with van der Waals surface area (Å²) in [6.07, 6.45) is 0.912. The monoisotopic (exact) mass is 192 g/mol. The molecule has 0 aromatic heterocycles. The molecule has 4 heteroatoms. The van der Waals surface area contributed by atoms with Crippen LogP contribution < -0.4 is 5.73 Å². The van der Waals surface area contributed by atoms with Gasteiger partial charge < -0.3 is 10.6 Å². The van der Waals surface area contributed by atoms with Crippen LogP contribution in [0.3, 0.4) is 0 Å². The molecule has 1 saturated carbocycles. The van der Waals surface area contributed by atoms with Crippen molar-refractivity contribution in [3.8, 4) is 0 Å². The number of nitrogens with zero attached hydrogens (tertiary/aromatic N) is 1. The smallest absolute Gasteiger partial charge is 0.251 e. The first kappa shape index (κ1) is 10.9. The van der Waals surface area contributed by atoms with Crippen LogP contribution in [0.4, 0.5) is 8.78 Å². The van der Waals surface area contributed by atoms with Crippen LogP contribution in [0, 0.1) is 5.92 Å². The molecule has 1 rings (SSSR count). The van der Waals surface area contributed by atoms with Gasteiger partial charge in [-0.2, -0.15) is 0 Å². The van der Waals surface area contributed by atoms with E-state index in [2.05, 4.69) is 0 Å². The summed E-state index contributed by atoms with van der Waals surface area (Å²) in [5.74, 6) is 0.527. The Morgan fingerprint density at radius 2 is 2.15 bits per heavy atom. The Balaban J connectivity index is 2.16. The first-order chi connectivity index (χ1) is 6.08. The van der Waals surface area contributed by atoms with Gasteiger partial charge in [0.15, 0.2) is 0 Å². The molecule has 1 aliphatic rings. The van der Waals surface area contributed by atoms with Gasteiger partial charge in [0, 0.05) is 12.6 Å². The molecular weight excluding hydrogens is 174 g/mol. The molecule has 2 atom stereocenters. The Morgan fingerprint density at radius 1 is 1.46 bits per heavy atom. The Morgan fingerprint density at radius 3 is 2.62 bits per heavy atom. The third kappa shape index (κ3) is 4.00. The molecule has 0 saturated heterocycles. The third-order valence-corrected chi connectivity index (χ3v) is 2.60. The van der Waals surface area contributed by atoms with E-state index in [4.69, 9.17) is 5.73 Å². The molecule has 0 aromatic rings. The summed E-state index contributed by atoms with van der Waals surface area (Å²) in [7, 11) is 1.75. The van der Waals surface area contributed by atoms with Crippen molar-refractivity contribution in [1.29, 1.82) is 0 Å². The summed E-state index contributed by atoms with van der Waals surface area (Å²) in [5.41, 5.74) is 5.74. The van der Waals surface area contributed by atoms with Crippen LogP contribution in [-0.4, -0.2) is 37.5 Å². The number of hydrogen-bond acceptors (Lipinski definition) is 2. The van der Waals surface area contributed by atoms with Crippen LogP contribution in [0.1, 0.15) is 19.3 Å². The van der Waals surface area contributed by atoms with Gasteiger partial charge in [0.05, 0.1) is 6.54 Å².